The molecule has 0 aliphatic carbocycles. The van der Waals surface area contributed by atoms with Crippen molar-refractivity contribution < 1.29 is 4.74 Å². The van der Waals surface area contributed by atoms with Crippen LogP contribution in [0.5, 0.6) is 0 Å². The first-order chi connectivity index (χ1) is 10.8. The molecule has 0 unspecified atom stereocenters. The standard InChI is InChI=1S/C17H28N4O.HI/c1-18-17(20-11-6-16-5-3-4-10-19-16)21(2)12-7-15-8-13-22-14-9-15;/h3-5,10,15H,6-9,11-14H2,1-2H3,(H,18,20);1H. The Morgan fingerprint density at radius 3 is 2.83 bits per heavy atom. The Morgan fingerprint density at radius 2 is 2.17 bits per heavy atom. The van der Waals surface area contributed by atoms with E-state index < -0.39 is 0 Å². The summed E-state index contributed by atoms with van der Waals surface area (Å²) >= 11 is 0. The Bertz CT molecular complexity index is 449. The van der Waals surface area contributed by atoms with E-state index >= 15 is 0 Å². The van der Waals surface area contributed by atoms with Crippen molar-refractivity contribution in [2.24, 2.45) is 10.9 Å². The van der Waals surface area contributed by atoms with Gasteiger partial charge < -0.3 is 15.0 Å². The van der Waals surface area contributed by atoms with E-state index in [1.54, 1.807) is 0 Å². The van der Waals surface area contributed by atoms with E-state index in [-0.39, 0.29) is 24.0 Å². The monoisotopic (exact) mass is 432 g/mol. The zero-order valence-electron chi connectivity index (χ0n) is 14.2. The van der Waals surface area contributed by atoms with E-state index in [1.165, 1.54) is 19.3 Å². The van der Waals surface area contributed by atoms with Crippen LogP contribution < -0.4 is 5.32 Å². The summed E-state index contributed by atoms with van der Waals surface area (Å²) in [6.45, 7) is 3.73. The van der Waals surface area contributed by atoms with Crippen molar-refractivity contribution >= 4 is 29.9 Å². The molecule has 1 saturated heterocycles. The molecule has 1 aliphatic heterocycles. The van der Waals surface area contributed by atoms with Crippen molar-refractivity contribution in [3.8, 4) is 0 Å². The van der Waals surface area contributed by atoms with E-state index in [0.29, 0.717) is 0 Å². The van der Waals surface area contributed by atoms with Crippen LogP contribution in [0.25, 0.3) is 0 Å². The predicted octanol–water partition coefficient (Wildman–Crippen LogP) is 2.57. The second-order valence-corrected chi connectivity index (χ2v) is 5.81. The Hall–Kier alpha value is -0.890. The summed E-state index contributed by atoms with van der Waals surface area (Å²) in [5.74, 6) is 1.76. The van der Waals surface area contributed by atoms with Gasteiger partial charge in [-0.15, -0.1) is 24.0 Å². The molecule has 1 fully saturated rings. The van der Waals surface area contributed by atoms with E-state index in [1.807, 2.05) is 25.4 Å². The number of nitrogens with one attached hydrogen (secondary N) is 1. The Balaban J connectivity index is 0.00000264. The average Bonchev–Trinajstić information content (AvgIpc) is 2.58. The molecule has 0 spiro atoms. The highest BCUT2D eigenvalue weighted by molar-refractivity contribution is 14.0. The van der Waals surface area contributed by atoms with Crippen LogP contribution in [-0.4, -0.2) is 56.2 Å². The second kappa shape index (κ2) is 11.6. The molecule has 0 amide bonds. The summed E-state index contributed by atoms with van der Waals surface area (Å²) in [5.41, 5.74) is 1.11. The number of rotatable bonds is 6. The molecule has 0 radical (unpaired) electrons. The minimum Gasteiger partial charge on any atom is -0.381 e. The molecule has 1 aromatic heterocycles. The highest BCUT2D eigenvalue weighted by Crippen LogP contribution is 2.18. The minimum atomic E-state index is 0. The van der Waals surface area contributed by atoms with Gasteiger partial charge in [-0.1, -0.05) is 6.07 Å². The van der Waals surface area contributed by atoms with E-state index in [9.17, 15) is 0 Å². The van der Waals surface area contributed by atoms with Crippen molar-refractivity contribution in [1.29, 1.82) is 0 Å². The maximum absolute atomic E-state index is 5.41. The summed E-state index contributed by atoms with van der Waals surface area (Å²) in [6, 6.07) is 6.02. The van der Waals surface area contributed by atoms with Crippen LogP contribution in [0.4, 0.5) is 0 Å². The van der Waals surface area contributed by atoms with Crippen molar-refractivity contribution in [1.82, 2.24) is 15.2 Å². The molecule has 5 nitrogen and oxygen atoms in total. The van der Waals surface area contributed by atoms with Gasteiger partial charge in [-0.3, -0.25) is 9.98 Å². The third-order valence-electron chi connectivity index (χ3n) is 4.18. The van der Waals surface area contributed by atoms with Gasteiger partial charge >= 0.3 is 0 Å². The lowest BCUT2D eigenvalue weighted by Gasteiger charge is -2.26. The molecule has 1 N–H and O–H groups in total. The third kappa shape index (κ3) is 7.48. The highest BCUT2D eigenvalue weighted by Gasteiger charge is 2.15. The van der Waals surface area contributed by atoms with Gasteiger partial charge in [-0.2, -0.15) is 0 Å². The number of hydrogen-bond donors (Lipinski definition) is 1. The number of aromatic nitrogens is 1. The van der Waals surface area contributed by atoms with Crippen molar-refractivity contribution in [2.45, 2.75) is 25.7 Å². The third-order valence-corrected chi connectivity index (χ3v) is 4.18. The van der Waals surface area contributed by atoms with Crippen LogP contribution in [-0.2, 0) is 11.2 Å². The van der Waals surface area contributed by atoms with Crippen LogP contribution in [0.2, 0.25) is 0 Å². The maximum atomic E-state index is 5.41. The first-order valence-electron chi connectivity index (χ1n) is 8.19. The zero-order valence-corrected chi connectivity index (χ0v) is 16.5. The fraction of sp³-hybridized carbons (Fsp3) is 0.647. The number of aliphatic imine (C=N–C) groups is 1. The highest BCUT2D eigenvalue weighted by atomic mass is 127. The van der Waals surface area contributed by atoms with Gasteiger partial charge in [0.15, 0.2) is 5.96 Å². The molecule has 130 valence electrons. The van der Waals surface area contributed by atoms with E-state index in [4.69, 9.17) is 4.74 Å². The lowest BCUT2D eigenvalue weighted by Crippen LogP contribution is -2.40. The largest absolute Gasteiger partial charge is 0.381 e. The SMILES string of the molecule is CN=C(NCCc1ccccn1)N(C)CCC1CCOCC1.I. The van der Waals surface area contributed by atoms with Gasteiger partial charge in [0.2, 0.25) is 0 Å². The summed E-state index contributed by atoms with van der Waals surface area (Å²) in [7, 11) is 3.95. The molecule has 1 aromatic rings. The smallest absolute Gasteiger partial charge is 0.193 e. The lowest BCUT2D eigenvalue weighted by atomic mass is 9.96. The van der Waals surface area contributed by atoms with Crippen LogP contribution in [0, 0.1) is 5.92 Å². The number of halogens is 1. The Morgan fingerprint density at radius 1 is 1.39 bits per heavy atom. The average molecular weight is 432 g/mol. The van der Waals surface area contributed by atoms with Crippen LogP contribution in [0.3, 0.4) is 0 Å². The second-order valence-electron chi connectivity index (χ2n) is 5.81. The predicted molar refractivity (Wildman–Crippen MR) is 106 cm³/mol. The van der Waals surface area contributed by atoms with Crippen LogP contribution in [0.15, 0.2) is 29.4 Å². The van der Waals surface area contributed by atoms with Crippen molar-refractivity contribution in [2.75, 3.05) is 40.4 Å². The molecule has 23 heavy (non-hydrogen) atoms. The summed E-state index contributed by atoms with van der Waals surface area (Å²) in [5, 5.41) is 3.42. The van der Waals surface area contributed by atoms with Gasteiger partial charge in [0, 0.05) is 58.7 Å². The Labute approximate surface area is 156 Å². The van der Waals surface area contributed by atoms with E-state index in [2.05, 4.69) is 33.3 Å². The molecular formula is C17H29IN4O. The Kier molecular flexibility index (Phi) is 10.2. The fourth-order valence-electron chi connectivity index (χ4n) is 2.75. The quantitative estimate of drug-likeness (QED) is 0.427. The molecule has 0 saturated carbocycles. The molecule has 1 aliphatic rings. The zero-order chi connectivity index (χ0) is 15.6. The molecule has 2 heterocycles. The fourth-order valence-corrected chi connectivity index (χ4v) is 2.75. The summed E-state index contributed by atoms with van der Waals surface area (Å²) in [6.07, 6.45) is 6.34. The first kappa shape index (κ1) is 20.2. The number of pyridine rings is 1. The maximum Gasteiger partial charge on any atom is 0.193 e. The van der Waals surface area contributed by atoms with Gasteiger partial charge in [0.25, 0.3) is 0 Å². The van der Waals surface area contributed by atoms with Gasteiger partial charge in [-0.05, 0) is 37.3 Å². The van der Waals surface area contributed by atoms with Crippen molar-refractivity contribution in [3.63, 3.8) is 0 Å². The number of guanidine groups is 1. The number of nitrogens with zero attached hydrogens (tertiary/aromatic N) is 3. The van der Waals surface area contributed by atoms with Gasteiger partial charge in [0.1, 0.15) is 0 Å². The molecule has 0 aromatic carbocycles. The first-order valence-corrected chi connectivity index (χ1v) is 8.19. The minimum absolute atomic E-state index is 0. The lowest BCUT2D eigenvalue weighted by molar-refractivity contribution is 0.0625. The number of ether oxygens (including phenoxy) is 1. The van der Waals surface area contributed by atoms with Gasteiger partial charge in [-0.25, -0.2) is 0 Å². The van der Waals surface area contributed by atoms with Gasteiger partial charge in [0.05, 0.1) is 0 Å². The summed E-state index contributed by atoms with van der Waals surface area (Å²) in [4.78, 5) is 10.9. The molecule has 2 rings (SSSR count). The molecule has 6 heteroatoms. The van der Waals surface area contributed by atoms with E-state index in [0.717, 1.165) is 50.3 Å². The molecule has 0 bridgehead atoms. The van der Waals surface area contributed by atoms with Crippen molar-refractivity contribution in [3.05, 3.63) is 30.1 Å². The topological polar surface area (TPSA) is 49.8 Å². The van der Waals surface area contributed by atoms with Crippen LogP contribution in [0.1, 0.15) is 25.0 Å². The normalized spacial score (nSPS) is 15.8. The summed E-state index contributed by atoms with van der Waals surface area (Å²) < 4.78 is 5.41. The molecular weight excluding hydrogens is 403 g/mol. The molecule has 0 atom stereocenters. The van der Waals surface area contributed by atoms with Crippen LogP contribution >= 0.6 is 24.0 Å². The number of hydrogen-bond acceptors (Lipinski definition) is 3.